The molecule has 1 N–H and O–H groups in total. The molecule has 4 heteroatoms. The number of hydrogen-bond acceptors (Lipinski definition) is 2. The minimum Gasteiger partial charge on any atom is -0.497 e. The van der Waals surface area contributed by atoms with Gasteiger partial charge in [-0.2, -0.15) is 0 Å². The van der Waals surface area contributed by atoms with E-state index in [9.17, 15) is 4.79 Å². The van der Waals surface area contributed by atoms with Crippen molar-refractivity contribution >= 4 is 21.8 Å². The number of nitrogens with one attached hydrogen (secondary N) is 1. The predicted octanol–water partition coefficient (Wildman–Crippen LogP) is 4.20. The molecule has 0 bridgehead atoms. The lowest BCUT2D eigenvalue weighted by Gasteiger charge is -2.43. The Balaban J connectivity index is 1.70. The lowest BCUT2D eigenvalue weighted by Crippen LogP contribution is -2.51. The van der Waals surface area contributed by atoms with Crippen LogP contribution in [0.2, 0.25) is 0 Å². The van der Waals surface area contributed by atoms with Gasteiger partial charge in [0.25, 0.3) is 0 Å². The highest BCUT2D eigenvalue weighted by Crippen LogP contribution is 2.41. The Morgan fingerprint density at radius 3 is 2.52 bits per heavy atom. The van der Waals surface area contributed by atoms with Crippen LogP contribution < -0.4 is 10.1 Å². The van der Waals surface area contributed by atoms with Gasteiger partial charge in [-0.1, -0.05) is 40.2 Å². The average Bonchev–Trinajstić information content (AvgIpc) is 2.51. The zero-order valence-electron chi connectivity index (χ0n) is 13.1. The quantitative estimate of drug-likeness (QED) is 0.852. The molecule has 0 saturated heterocycles. The van der Waals surface area contributed by atoms with Crippen LogP contribution in [0.1, 0.15) is 30.4 Å². The topological polar surface area (TPSA) is 38.3 Å². The van der Waals surface area contributed by atoms with E-state index in [0.29, 0.717) is 6.42 Å². The van der Waals surface area contributed by atoms with E-state index in [-0.39, 0.29) is 11.4 Å². The Morgan fingerprint density at radius 1 is 1.22 bits per heavy atom. The second-order valence-electron chi connectivity index (χ2n) is 6.02. The number of amides is 1. The molecule has 1 saturated carbocycles. The molecule has 0 aromatic heterocycles. The van der Waals surface area contributed by atoms with Crippen molar-refractivity contribution in [2.24, 2.45) is 0 Å². The second kappa shape index (κ2) is 6.75. The molecular formula is C19H20BrNO2. The van der Waals surface area contributed by atoms with Crippen molar-refractivity contribution in [3.05, 3.63) is 64.1 Å². The van der Waals surface area contributed by atoms with Crippen LogP contribution in [0.4, 0.5) is 0 Å². The van der Waals surface area contributed by atoms with Crippen LogP contribution in [0.15, 0.2) is 53.0 Å². The van der Waals surface area contributed by atoms with E-state index in [1.165, 1.54) is 5.56 Å². The third-order valence-corrected chi connectivity index (χ3v) is 4.98. The Morgan fingerprint density at radius 2 is 1.96 bits per heavy atom. The number of methoxy groups -OCH3 is 1. The van der Waals surface area contributed by atoms with Gasteiger partial charge in [0.2, 0.25) is 5.91 Å². The predicted molar refractivity (Wildman–Crippen MR) is 94.5 cm³/mol. The van der Waals surface area contributed by atoms with E-state index in [1.54, 1.807) is 7.11 Å². The summed E-state index contributed by atoms with van der Waals surface area (Å²) in [7, 11) is 1.64. The molecule has 1 fully saturated rings. The van der Waals surface area contributed by atoms with Gasteiger partial charge in [-0.25, -0.2) is 0 Å². The molecule has 0 aliphatic heterocycles. The summed E-state index contributed by atoms with van der Waals surface area (Å²) < 4.78 is 6.19. The van der Waals surface area contributed by atoms with Crippen molar-refractivity contribution in [1.82, 2.24) is 5.32 Å². The third-order valence-electron chi connectivity index (χ3n) is 4.49. The van der Waals surface area contributed by atoms with Crippen LogP contribution >= 0.6 is 15.9 Å². The first-order valence-corrected chi connectivity index (χ1v) is 8.61. The van der Waals surface area contributed by atoms with Gasteiger partial charge in [0.1, 0.15) is 5.75 Å². The fraction of sp³-hybridized carbons (Fsp3) is 0.316. The van der Waals surface area contributed by atoms with Gasteiger partial charge in [0.05, 0.1) is 19.1 Å². The molecule has 1 aliphatic rings. The zero-order valence-corrected chi connectivity index (χ0v) is 14.7. The van der Waals surface area contributed by atoms with Crippen LogP contribution in [0.3, 0.4) is 0 Å². The average molecular weight is 374 g/mol. The zero-order chi connectivity index (χ0) is 16.3. The normalized spacial score (nSPS) is 15.6. The highest BCUT2D eigenvalue weighted by molar-refractivity contribution is 9.10. The maximum Gasteiger partial charge on any atom is 0.225 e. The van der Waals surface area contributed by atoms with Crippen molar-refractivity contribution < 1.29 is 9.53 Å². The summed E-state index contributed by atoms with van der Waals surface area (Å²) >= 11 is 3.52. The number of halogens is 1. The summed E-state index contributed by atoms with van der Waals surface area (Å²) in [6, 6.07) is 15.9. The van der Waals surface area contributed by atoms with E-state index in [2.05, 4.69) is 33.4 Å². The number of benzene rings is 2. The van der Waals surface area contributed by atoms with Gasteiger partial charge in [-0.3, -0.25) is 4.79 Å². The SMILES string of the molecule is COc1ccc(CC(=O)NC2(c3cccc(Br)c3)CCC2)cc1. The first-order chi connectivity index (χ1) is 11.1. The van der Waals surface area contributed by atoms with E-state index in [4.69, 9.17) is 4.74 Å². The molecule has 0 spiro atoms. The Hall–Kier alpha value is -1.81. The van der Waals surface area contributed by atoms with Crippen LogP contribution in [0, 0.1) is 0 Å². The lowest BCUT2D eigenvalue weighted by molar-refractivity contribution is -0.123. The summed E-state index contributed by atoms with van der Waals surface area (Å²) in [5.74, 6) is 0.869. The van der Waals surface area contributed by atoms with E-state index in [0.717, 1.165) is 35.0 Å². The molecule has 1 amide bonds. The summed E-state index contributed by atoms with van der Waals surface area (Å²) in [5.41, 5.74) is 1.97. The van der Waals surface area contributed by atoms with Crippen molar-refractivity contribution in [3.63, 3.8) is 0 Å². The molecule has 120 valence electrons. The highest BCUT2D eigenvalue weighted by atomic mass is 79.9. The molecule has 1 aliphatic carbocycles. The first-order valence-electron chi connectivity index (χ1n) is 7.81. The fourth-order valence-electron chi connectivity index (χ4n) is 3.04. The second-order valence-corrected chi connectivity index (χ2v) is 6.93. The standard InChI is InChI=1S/C19H20BrNO2/c1-23-17-8-6-14(7-9-17)12-18(22)21-19(10-3-11-19)15-4-2-5-16(20)13-15/h2,4-9,13H,3,10-12H2,1H3,(H,21,22). The van der Waals surface area contributed by atoms with Crippen LogP contribution in [-0.4, -0.2) is 13.0 Å². The minimum atomic E-state index is -0.201. The molecule has 3 nitrogen and oxygen atoms in total. The Kier molecular flexibility index (Phi) is 4.71. The van der Waals surface area contributed by atoms with Gasteiger partial charge in [-0.15, -0.1) is 0 Å². The molecule has 3 rings (SSSR count). The fourth-order valence-corrected chi connectivity index (χ4v) is 3.44. The maximum absolute atomic E-state index is 12.5. The molecule has 0 atom stereocenters. The van der Waals surface area contributed by atoms with Crippen LogP contribution in [0.25, 0.3) is 0 Å². The Bertz CT molecular complexity index is 693. The van der Waals surface area contributed by atoms with Gasteiger partial charge in [-0.05, 0) is 54.7 Å². The van der Waals surface area contributed by atoms with Gasteiger partial charge >= 0.3 is 0 Å². The Labute approximate surface area is 145 Å². The maximum atomic E-state index is 12.5. The highest BCUT2D eigenvalue weighted by Gasteiger charge is 2.39. The molecule has 23 heavy (non-hydrogen) atoms. The minimum absolute atomic E-state index is 0.0647. The number of carbonyl (C=O) groups is 1. The summed E-state index contributed by atoms with van der Waals surface area (Å²) in [6.45, 7) is 0. The molecule has 2 aromatic carbocycles. The molecule has 2 aromatic rings. The van der Waals surface area contributed by atoms with Crippen LogP contribution in [-0.2, 0) is 16.8 Å². The summed E-state index contributed by atoms with van der Waals surface area (Å²) in [6.07, 6.45) is 3.53. The van der Waals surface area contributed by atoms with Crippen LogP contribution in [0.5, 0.6) is 5.75 Å². The van der Waals surface area contributed by atoms with Crippen molar-refractivity contribution in [3.8, 4) is 5.75 Å². The van der Waals surface area contributed by atoms with Crippen molar-refractivity contribution in [2.75, 3.05) is 7.11 Å². The lowest BCUT2D eigenvalue weighted by atomic mass is 9.71. The molecule has 0 heterocycles. The molecule has 0 unspecified atom stereocenters. The number of rotatable bonds is 5. The smallest absolute Gasteiger partial charge is 0.225 e. The molecular weight excluding hydrogens is 354 g/mol. The summed E-state index contributed by atoms with van der Waals surface area (Å²) in [5, 5.41) is 3.26. The largest absolute Gasteiger partial charge is 0.497 e. The monoisotopic (exact) mass is 373 g/mol. The third kappa shape index (κ3) is 3.58. The molecule has 0 radical (unpaired) electrons. The van der Waals surface area contributed by atoms with E-state index < -0.39 is 0 Å². The first kappa shape index (κ1) is 16.1. The van der Waals surface area contributed by atoms with E-state index in [1.807, 2.05) is 36.4 Å². The number of hydrogen-bond donors (Lipinski definition) is 1. The summed E-state index contributed by atoms with van der Waals surface area (Å²) in [4.78, 5) is 12.5. The van der Waals surface area contributed by atoms with Gasteiger partial charge in [0.15, 0.2) is 0 Å². The van der Waals surface area contributed by atoms with Gasteiger partial charge in [0, 0.05) is 4.47 Å². The van der Waals surface area contributed by atoms with Crippen molar-refractivity contribution in [2.45, 2.75) is 31.2 Å². The number of ether oxygens (including phenoxy) is 1. The van der Waals surface area contributed by atoms with Gasteiger partial charge < -0.3 is 10.1 Å². The van der Waals surface area contributed by atoms with E-state index >= 15 is 0 Å². The van der Waals surface area contributed by atoms with Crippen molar-refractivity contribution in [1.29, 1.82) is 0 Å². The number of carbonyl (C=O) groups excluding carboxylic acids is 1.